The molecule has 6 rings (SSSR count). The lowest BCUT2D eigenvalue weighted by atomic mass is 9.45. The molecule has 0 aromatic heterocycles. The van der Waals surface area contributed by atoms with Crippen molar-refractivity contribution in [1.82, 2.24) is 0 Å². The maximum absolute atomic E-state index is 11.7. The lowest BCUT2D eigenvalue weighted by molar-refractivity contribution is -0.135. The maximum atomic E-state index is 11.7. The van der Waals surface area contributed by atoms with Crippen LogP contribution in [-0.2, 0) is 20.9 Å². The molecule has 3 saturated carbocycles. The summed E-state index contributed by atoms with van der Waals surface area (Å²) in [5.74, 6) is 2.65. The predicted molar refractivity (Wildman–Crippen MR) is 129 cm³/mol. The molecule has 0 amide bonds. The topological polar surface area (TPSA) is 35.5 Å². The van der Waals surface area contributed by atoms with Crippen LogP contribution in [0.2, 0.25) is 0 Å². The van der Waals surface area contributed by atoms with Crippen LogP contribution in [0.1, 0.15) is 70.8 Å². The Labute approximate surface area is 198 Å². The van der Waals surface area contributed by atoms with Gasteiger partial charge in [-0.2, -0.15) is 0 Å². The highest BCUT2D eigenvalue weighted by molar-refractivity contribution is 5.85. The van der Waals surface area contributed by atoms with E-state index in [1.54, 1.807) is 11.6 Å². The minimum absolute atomic E-state index is 0.144. The van der Waals surface area contributed by atoms with Crippen molar-refractivity contribution in [3.8, 4) is 0 Å². The molecule has 7 atom stereocenters. The molecular formula is C30H38O3. The van der Waals surface area contributed by atoms with Crippen molar-refractivity contribution in [3.05, 3.63) is 59.2 Å². The Hall–Kier alpha value is -1.87. The van der Waals surface area contributed by atoms with Gasteiger partial charge in [-0.05, 0) is 97.0 Å². The minimum Gasteiger partial charge on any atom is -0.458 e. The normalized spacial score (nSPS) is 42.0. The van der Waals surface area contributed by atoms with E-state index < -0.39 is 0 Å². The maximum Gasteiger partial charge on any atom is 0.331 e. The quantitative estimate of drug-likeness (QED) is 0.384. The van der Waals surface area contributed by atoms with E-state index in [0.717, 1.165) is 30.8 Å². The third-order valence-corrected chi connectivity index (χ3v) is 10.5. The monoisotopic (exact) mass is 446 g/mol. The molecule has 5 aliphatic rings. The van der Waals surface area contributed by atoms with Gasteiger partial charge >= 0.3 is 5.97 Å². The van der Waals surface area contributed by atoms with Gasteiger partial charge in [0.2, 0.25) is 0 Å². The number of rotatable bonds is 4. The van der Waals surface area contributed by atoms with Gasteiger partial charge < -0.3 is 9.47 Å². The van der Waals surface area contributed by atoms with E-state index >= 15 is 0 Å². The van der Waals surface area contributed by atoms with Crippen molar-refractivity contribution in [2.45, 2.75) is 77.9 Å². The van der Waals surface area contributed by atoms with Crippen LogP contribution < -0.4 is 0 Å². The Kier molecular flexibility index (Phi) is 5.32. The average molecular weight is 447 g/mol. The molecular weight excluding hydrogens is 408 g/mol. The van der Waals surface area contributed by atoms with Crippen LogP contribution in [0.3, 0.4) is 0 Å². The Morgan fingerprint density at radius 3 is 2.70 bits per heavy atom. The number of carbonyl (C=O) groups excluding carboxylic acids is 1. The van der Waals surface area contributed by atoms with Crippen LogP contribution in [-0.4, -0.2) is 18.7 Å². The molecule has 0 bridgehead atoms. The van der Waals surface area contributed by atoms with Gasteiger partial charge in [-0.1, -0.05) is 55.8 Å². The molecule has 1 aliphatic heterocycles. The molecule has 176 valence electrons. The number of fused-ring (bicyclic) bond motifs is 5. The third-order valence-electron chi connectivity index (χ3n) is 10.5. The minimum atomic E-state index is -0.144. The Morgan fingerprint density at radius 1 is 1.06 bits per heavy atom. The van der Waals surface area contributed by atoms with E-state index in [-0.39, 0.29) is 11.4 Å². The molecule has 3 fully saturated rings. The van der Waals surface area contributed by atoms with Crippen LogP contribution in [0.25, 0.3) is 0 Å². The molecule has 0 saturated heterocycles. The molecule has 3 heteroatoms. The number of allylic oxidation sites excluding steroid dienone is 2. The molecule has 6 unspecified atom stereocenters. The van der Waals surface area contributed by atoms with E-state index in [4.69, 9.17) is 9.47 Å². The van der Waals surface area contributed by atoms with Gasteiger partial charge in [0.1, 0.15) is 6.61 Å². The largest absolute Gasteiger partial charge is 0.458 e. The number of hydrogen-bond donors (Lipinski definition) is 0. The molecule has 4 aliphatic carbocycles. The third kappa shape index (κ3) is 3.53. The highest BCUT2D eigenvalue weighted by atomic mass is 16.5. The van der Waals surface area contributed by atoms with E-state index in [1.165, 1.54) is 56.1 Å². The number of benzene rings is 1. The van der Waals surface area contributed by atoms with Gasteiger partial charge in [-0.3, -0.25) is 0 Å². The zero-order valence-corrected chi connectivity index (χ0v) is 20.2. The zero-order chi connectivity index (χ0) is 22.6. The highest BCUT2D eigenvalue weighted by Crippen LogP contribution is 2.66. The molecule has 33 heavy (non-hydrogen) atoms. The second kappa shape index (κ2) is 8.12. The van der Waals surface area contributed by atoms with Crippen molar-refractivity contribution in [2.24, 2.45) is 34.5 Å². The number of cyclic esters (lactones) is 1. The van der Waals surface area contributed by atoms with Gasteiger partial charge in [0.25, 0.3) is 0 Å². The van der Waals surface area contributed by atoms with Crippen molar-refractivity contribution in [1.29, 1.82) is 0 Å². The smallest absolute Gasteiger partial charge is 0.331 e. The first-order valence-corrected chi connectivity index (χ1v) is 13.2. The van der Waals surface area contributed by atoms with Gasteiger partial charge in [0.15, 0.2) is 0 Å². The van der Waals surface area contributed by atoms with Gasteiger partial charge in [-0.25, -0.2) is 4.79 Å². The summed E-state index contributed by atoms with van der Waals surface area (Å²) in [6, 6.07) is 10.6. The average Bonchev–Trinajstić information content (AvgIpc) is 3.40. The summed E-state index contributed by atoms with van der Waals surface area (Å²) in [6.07, 6.45) is 14.9. The van der Waals surface area contributed by atoms with Crippen LogP contribution in [0.4, 0.5) is 0 Å². The van der Waals surface area contributed by atoms with Crippen LogP contribution in [0.5, 0.6) is 0 Å². The van der Waals surface area contributed by atoms with E-state index in [9.17, 15) is 4.79 Å². The zero-order valence-electron chi connectivity index (χ0n) is 20.2. The number of hydrogen-bond acceptors (Lipinski definition) is 3. The SMILES string of the molecule is CC12CCC(OCc3ccccc3)CC1CCC1C3=CC[C@H](C4=CC(=O)OC4)C3(C)CCC12. The summed E-state index contributed by atoms with van der Waals surface area (Å²) in [6.45, 7) is 6.36. The second-order valence-corrected chi connectivity index (χ2v) is 11.9. The number of carbonyl (C=O) groups is 1. The van der Waals surface area contributed by atoms with E-state index in [0.29, 0.717) is 24.0 Å². The van der Waals surface area contributed by atoms with Gasteiger partial charge in [0, 0.05) is 6.08 Å². The van der Waals surface area contributed by atoms with Crippen molar-refractivity contribution in [3.63, 3.8) is 0 Å². The standard InChI is InChI=1S/C30H38O3/c1-29-14-12-23(32-18-20-6-4-3-5-7-20)17-22(29)8-9-24-26-11-10-25(21-16-28(31)33-19-21)30(26,2)15-13-27(24)29/h3-7,11,16,22-25,27H,8-10,12-15,17-19H2,1-2H3/t22?,23?,24?,25-,27?,29?,30?/m1/s1. The first kappa shape index (κ1) is 21.6. The second-order valence-electron chi connectivity index (χ2n) is 11.9. The van der Waals surface area contributed by atoms with Crippen LogP contribution in [0, 0.1) is 34.5 Å². The summed E-state index contributed by atoms with van der Waals surface area (Å²) in [5, 5.41) is 0. The van der Waals surface area contributed by atoms with Crippen LogP contribution in [0.15, 0.2) is 53.6 Å². The van der Waals surface area contributed by atoms with Gasteiger partial charge in [0.05, 0.1) is 12.7 Å². The highest BCUT2D eigenvalue weighted by Gasteiger charge is 2.58. The molecule has 1 heterocycles. The number of ether oxygens (including phenoxy) is 2. The first-order chi connectivity index (χ1) is 16.0. The molecule has 0 radical (unpaired) electrons. The van der Waals surface area contributed by atoms with Crippen LogP contribution >= 0.6 is 0 Å². The van der Waals surface area contributed by atoms with Gasteiger partial charge in [-0.15, -0.1) is 0 Å². The predicted octanol–water partition coefficient (Wildman–Crippen LogP) is 6.63. The fourth-order valence-corrected chi connectivity index (χ4v) is 8.64. The summed E-state index contributed by atoms with van der Waals surface area (Å²) < 4.78 is 11.7. The summed E-state index contributed by atoms with van der Waals surface area (Å²) in [4.78, 5) is 11.7. The lowest BCUT2D eigenvalue weighted by Gasteiger charge is -2.59. The Balaban J connectivity index is 1.15. The van der Waals surface area contributed by atoms with Crippen molar-refractivity contribution in [2.75, 3.05) is 6.61 Å². The first-order valence-electron chi connectivity index (χ1n) is 13.2. The fourth-order valence-electron chi connectivity index (χ4n) is 8.64. The van der Waals surface area contributed by atoms with Crippen molar-refractivity contribution >= 4 is 5.97 Å². The van der Waals surface area contributed by atoms with Crippen molar-refractivity contribution < 1.29 is 14.3 Å². The Morgan fingerprint density at radius 2 is 1.91 bits per heavy atom. The number of esters is 1. The molecule has 1 aromatic rings. The lowest BCUT2D eigenvalue weighted by Crippen LogP contribution is -2.52. The Bertz CT molecular complexity index is 978. The van der Waals surface area contributed by atoms with E-state index in [2.05, 4.69) is 50.3 Å². The fraction of sp³-hybridized carbons (Fsp3) is 0.633. The van der Waals surface area contributed by atoms with E-state index in [1.807, 2.05) is 0 Å². The summed E-state index contributed by atoms with van der Waals surface area (Å²) in [5.41, 5.74) is 4.92. The molecule has 1 aromatic carbocycles. The molecule has 3 nitrogen and oxygen atoms in total. The summed E-state index contributed by atoms with van der Waals surface area (Å²) >= 11 is 0. The summed E-state index contributed by atoms with van der Waals surface area (Å²) in [7, 11) is 0. The molecule has 0 spiro atoms. The molecule has 0 N–H and O–H groups in total.